The molecule has 0 aliphatic rings. The van der Waals surface area contributed by atoms with Crippen molar-refractivity contribution in [3.05, 3.63) is 17.7 Å². The average Bonchev–Trinajstić information content (AvgIpc) is 2.29. The highest BCUT2D eigenvalue weighted by atomic mass is 16.5. The van der Waals surface area contributed by atoms with E-state index < -0.39 is 5.97 Å². The predicted molar refractivity (Wildman–Crippen MR) is 61.5 cm³/mol. The number of esters is 1. The second-order valence-electron chi connectivity index (χ2n) is 3.41. The fraction of sp³-hybridized carbons (Fsp3) is 0.417. The lowest BCUT2D eigenvalue weighted by atomic mass is 10.1. The van der Waals surface area contributed by atoms with E-state index in [2.05, 4.69) is 0 Å². The molecule has 0 spiro atoms. The molecule has 0 bridgehead atoms. The van der Waals surface area contributed by atoms with Crippen LogP contribution in [0.3, 0.4) is 0 Å². The molecule has 0 amide bonds. The second kappa shape index (κ2) is 5.98. The molecule has 0 atom stereocenters. The summed E-state index contributed by atoms with van der Waals surface area (Å²) in [5.74, 6) is -1.09. The number of benzene rings is 1. The molecule has 0 saturated carbocycles. The summed E-state index contributed by atoms with van der Waals surface area (Å²) in [7, 11) is 0. The fourth-order valence-corrected chi connectivity index (χ4v) is 1.32. The van der Waals surface area contributed by atoms with Crippen LogP contribution < -0.4 is 4.74 Å². The van der Waals surface area contributed by atoms with Gasteiger partial charge in [-0.15, -0.1) is 0 Å². The Hall–Kier alpha value is -1.91. The van der Waals surface area contributed by atoms with Gasteiger partial charge in [-0.1, -0.05) is 6.92 Å². The highest BCUT2D eigenvalue weighted by Gasteiger charge is 2.19. The second-order valence-corrected chi connectivity index (χ2v) is 3.41. The van der Waals surface area contributed by atoms with Crippen molar-refractivity contribution in [3.63, 3.8) is 0 Å². The van der Waals surface area contributed by atoms with Crippen molar-refractivity contribution in [1.82, 2.24) is 0 Å². The molecule has 0 heterocycles. The zero-order chi connectivity index (χ0) is 12.8. The highest BCUT2D eigenvalue weighted by Crippen LogP contribution is 2.34. The molecule has 5 nitrogen and oxygen atoms in total. The largest absolute Gasteiger partial charge is 0.508 e. The number of hydrogen-bond acceptors (Lipinski definition) is 5. The zero-order valence-electron chi connectivity index (χ0n) is 9.90. The van der Waals surface area contributed by atoms with E-state index in [-0.39, 0.29) is 29.4 Å². The number of phenolic OH excluding ortho intramolecular Hbond substituents is 2. The van der Waals surface area contributed by atoms with Gasteiger partial charge in [0.1, 0.15) is 11.3 Å². The summed E-state index contributed by atoms with van der Waals surface area (Å²) in [5.41, 5.74) is 0.0257. The maximum Gasteiger partial charge on any atom is 0.342 e. The number of phenols is 2. The first-order chi connectivity index (χ1) is 8.10. The summed E-state index contributed by atoms with van der Waals surface area (Å²) in [6.07, 6.45) is 0.695. The van der Waals surface area contributed by atoms with Crippen LogP contribution >= 0.6 is 0 Å². The lowest BCUT2D eigenvalue weighted by Gasteiger charge is -2.11. The molecule has 0 aliphatic carbocycles. The van der Waals surface area contributed by atoms with Crippen LogP contribution in [0, 0.1) is 0 Å². The number of ether oxygens (including phenoxy) is 2. The maximum absolute atomic E-state index is 11.7. The smallest absolute Gasteiger partial charge is 0.342 e. The van der Waals surface area contributed by atoms with Crippen LogP contribution in [0.25, 0.3) is 0 Å². The van der Waals surface area contributed by atoms with Gasteiger partial charge in [-0.2, -0.15) is 0 Å². The van der Waals surface area contributed by atoms with Crippen LogP contribution in [-0.4, -0.2) is 29.4 Å². The normalized spacial score (nSPS) is 10.0. The van der Waals surface area contributed by atoms with Crippen molar-refractivity contribution in [1.29, 1.82) is 0 Å². The Bertz CT molecular complexity index is 400. The third-order valence-corrected chi connectivity index (χ3v) is 2.00. The van der Waals surface area contributed by atoms with Crippen LogP contribution in [-0.2, 0) is 4.74 Å². The maximum atomic E-state index is 11.7. The summed E-state index contributed by atoms with van der Waals surface area (Å²) < 4.78 is 10.1. The molecule has 0 unspecified atom stereocenters. The molecule has 17 heavy (non-hydrogen) atoms. The van der Waals surface area contributed by atoms with Crippen molar-refractivity contribution in [2.24, 2.45) is 0 Å². The Morgan fingerprint density at radius 1 is 1.29 bits per heavy atom. The minimum absolute atomic E-state index is 0.0257. The standard InChI is InChI=1S/C12H16O5/c1-3-5-17-12(15)9-6-8(13)7-10(14)11(9)16-4-2/h6-7,13-14H,3-5H2,1-2H3. The zero-order valence-corrected chi connectivity index (χ0v) is 9.90. The number of hydrogen-bond donors (Lipinski definition) is 2. The summed E-state index contributed by atoms with van der Waals surface area (Å²) in [6, 6.07) is 2.32. The predicted octanol–water partition coefficient (Wildman–Crippen LogP) is 2.06. The number of carbonyl (C=O) groups excluding carboxylic acids is 1. The molecule has 5 heteroatoms. The van der Waals surface area contributed by atoms with Crippen molar-refractivity contribution in [3.8, 4) is 17.2 Å². The fourth-order valence-electron chi connectivity index (χ4n) is 1.32. The van der Waals surface area contributed by atoms with E-state index >= 15 is 0 Å². The van der Waals surface area contributed by atoms with E-state index in [9.17, 15) is 15.0 Å². The third kappa shape index (κ3) is 3.27. The van der Waals surface area contributed by atoms with Gasteiger partial charge < -0.3 is 19.7 Å². The van der Waals surface area contributed by atoms with E-state index in [1.54, 1.807) is 6.92 Å². The molecule has 2 N–H and O–H groups in total. The monoisotopic (exact) mass is 240 g/mol. The van der Waals surface area contributed by atoms with Crippen LogP contribution in [0.4, 0.5) is 0 Å². The van der Waals surface area contributed by atoms with Gasteiger partial charge in [0.2, 0.25) is 0 Å². The lowest BCUT2D eigenvalue weighted by molar-refractivity contribution is 0.0499. The number of rotatable bonds is 5. The first-order valence-corrected chi connectivity index (χ1v) is 5.46. The van der Waals surface area contributed by atoms with Gasteiger partial charge in [0.05, 0.1) is 13.2 Å². The Morgan fingerprint density at radius 3 is 2.59 bits per heavy atom. The Balaban J connectivity index is 3.06. The van der Waals surface area contributed by atoms with E-state index in [0.29, 0.717) is 13.0 Å². The molecule has 1 rings (SSSR count). The van der Waals surface area contributed by atoms with Crippen molar-refractivity contribution in [2.45, 2.75) is 20.3 Å². The van der Waals surface area contributed by atoms with Gasteiger partial charge in [-0.3, -0.25) is 0 Å². The van der Waals surface area contributed by atoms with Crippen molar-refractivity contribution in [2.75, 3.05) is 13.2 Å². The highest BCUT2D eigenvalue weighted by molar-refractivity contribution is 5.94. The topological polar surface area (TPSA) is 76.0 Å². The summed E-state index contributed by atoms with van der Waals surface area (Å²) in [6.45, 7) is 4.18. The Kier molecular flexibility index (Phi) is 4.63. The minimum Gasteiger partial charge on any atom is -0.508 e. The summed E-state index contributed by atoms with van der Waals surface area (Å²) >= 11 is 0. The van der Waals surface area contributed by atoms with E-state index in [0.717, 1.165) is 6.07 Å². The quantitative estimate of drug-likeness (QED) is 0.770. The SMILES string of the molecule is CCCOC(=O)c1cc(O)cc(O)c1OCC. The van der Waals surface area contributed by atoms with Gasteiger partial charge in [0, 0.05) is 6.07 Å². The van der Waals surface area contributed by atoms with Crippen LogP contribution in [0.2, 0.25) is 0 Å². The molecule has 0 aliphatic heterocycles. The van der Waals surface area contributed by atoms with E-state index in [1.165, 1.54) is 6.07 Å². The molecular formula is C12H16O5. The molecule has 1 aromatic rings. The van der Waals surface area contributed by atoms with Gasteiger partial charge in [-0.25, -0.2) is 4.79 Å². The van der Waals surface area contributed by atoms with E-state index in [4.69, 9.17) is 9.47 Å². The number of carbonyl (C=O) groups is 1. The van der Waals surface area contributed by atoms with Crippen LogP contribution in [0.5, 0.6) is 17.2 Å². The summed E-state index contributed by atoms with van der Waals surface area (Å²) in [5, 5.41) is 18.9. The minimum atomic E-state index is -0.624. The van der Waals surface area contributed by atoms with E-state index in [1.807, 2.05) is 6.92 Å². The van der Waals surface area contributed by atoms with Crippen LogP contribution in [0.1, 0.15) is 30.6 Å². The van der Waals surface area contributed by atoms with Gasteiger partial charge in [-0.05, 0) is 19.4 Å². The Labute approximate surface area is 99.6 Å². The molecular weight excluding hydrogens is 224 g/mol. The van der Waals surface area contributed by atoms with Gasteiger partial charge >= 0.3 is 5.97 Å². The number of aromatic hydroxyl groups is 2. The van der Waals surface area contributed by atoms with Gasteiger partial charge in [0.25, 0.3) is 0 Å². The molecule has 1 aromatic carbocycles. The average molecular weight is 240 g/mol. The molecule has 0 fully saturated rings. The third-order valence-electron chi connectivity index (χ3n) is 2.00. The molecule has 0 radical (unpaired) electrons. The Morgan fingerprint density at radius 2 is 2.00 bits per heavy atom. The lowest BCUT2D eigenvalue weighted by Crippen LogP contribution is -2.08. The first kappa shape index (κ1) is 13.2. The van der Waals surface area contributed by atoms with Crippen molar-refractivity contribution >= 4 is 5.97 Å². The molecule has 0 aromatic heterocycles. The van der Waals surface area contributed by atoms with Crippen LogP contribution in [0.15, 0.2) is 12.1 Å². The molecule has 0 saturated heterocycles. The van der Waals surface area contributed by atoms with Gasteiger partial charge in [0.15, 0.2) is 11.5 Å². The first-order valence-electron chi connectivity index (χ1n) is 5.46. The molecule has 94 valence electrons. The summed E-state index contributed by atoms with van der Waals surface area (Å²) in [4.78, 5) is 11.7. The van der Waals surface area contributed by atoms with Crippen molar-refractivity contribution < 1.29 is 24.5 Å².